The Morgan fingerprint density at radius 2 is 1.95 bits per heavy atom. The number of hydrogen-bond acceptors (Lipinski definition) is 6. The second-order valence-corrected chi connectivity index (χ2v) is 3.58. The zero-order chi connectivity index (χ0) is 15.3. The third kappa shape index (κ3) is 3.94. The minimum absolute atomic E-state index is 0.169. The lowest BCUT2D eigenvalue weighted by molar-refractivity contribution is -0.146. The first-order chi connectivity index (χ1) is 9.35. The molecule has 1 aromatic rings. The second kappa shape index (κ2) is 6.50. The Hall–Kier alpha value is -2.64. The van der Waals surface area contributed by atoms with Gasteiger partial charge in [0, 0.05) is 6.07 Å². The monoisotopic (exact) mass is 286 g/mol. The summed E-state index contributed by atoms with van der Waals surface area (Å²) < 4.78 is 26.9. The van der Waals surface area contributed by atoms with E-state index in [9.17, 15) is 18.8 Å². The first-order valence-electron chi connectivity index (χ1n) is 5.34. The van der Waals surface area contributed by atoms with Crippen LogP contribution in [0.1, 0.15) is 17.3 Å². The third-order valence-electron chi connectivity index (χ3n) is 2.16. The minimum atomic E-state index is -1.41. The topological polar surface area (TPSA) is 99.1 Å². The van der Waals surface area contributed by atoms with Gasteiger partial charge in [-0.2, -0.15) is 0 Å². The number of carboxylic acids is 1. The van der Waals surface area contributed by atoms with Crippen molar-refractivity contribution in [3.05, 3.63) is 29.6 Å². The summed E-state index contributed by atoms with van der Waals surface area (Å²) in [5.41, 5.74) is -0.477. The highest BCUT2D eigenvalue weighted by Gasteiger charge is 2.21. The molecule has 0 saturated carbocycles. The molecule has 0 aromatic heterocycles. The number of benzene rings is 1. The van der Waals surface area contributed by atoms with Gasteiger partial charge in [0.25, 0.3) is 0 Å². The van der Waals surface area contributed by atoms with Crippen molar-refractivity contribution in [3.63, 3.8) is 0 Å². The van der Waals surface area contributed by atoms with E-state index < -0.39 is 35.6 Å². The SMILES string of the molecule is COC(=O)Oc1ccc(C(=O)O[C@@H](C)C(=O)O)c(F)c1. The summed E-state index contributed by atoms with van der Waals surface area (Å²) in [5.74, 6) is -3.68. The molecule has 0 aliphatic rings. The van der Waals surface area contributed by atoms with Crippen molar-refractivity contribution in [1.82, 2.24) is 0 Å². The lowest BCUT2D eigenvalue weighted by Gasteiger charge is -2.09. The zero-order valence-corrected chi connectivity index (χ0v) is 10.6. The molecule has 108 valence electrons. The second-order valence-electron chi connectivity index (χ2n) is 3.58. The maximum Gasteiger partial charge on any atom is 0.513 e. The summed E-state index contributed by atoms with van der Waals surface area (Å²) in [4.78, 5) is 32.8. The maximum atomic E-state index is 13.6. The van der Waals surface area contributed by atoms with Gasteiger partial charge in [-0.25, -0.2) is 18.8 Å². The van der Waals surface area contributed by atoms with Gasteiger partial charge in [-0.05, 0) is 19.1 Å². The van der Waals surface area contributed by atoms with E-state index in [1.54, 1.807) is 0 Å². The largest absolute Gasteiger partial charge is 0.513 e. The van der Waals surface area contributed by atoms with E-state index in [1.165, 1.54) is 0 Å². The third-order valence-corrected chi connectivity index (χ3v) is 2.16. The lowest BCUT2D eigenvalue weighted by atomic mass is 10.2. The molecule has 8 heteroatoms. The van der Waals surface area contributed by atoms with Crippen LogP contribution in [0, 0.1) is 5.82 Å². The standard InChI is InChI=1S/C12H11FO7/c1-6(10(14)15)19-11(16)8-4-3-7(5-9(8)13)20-12(17)18-2/h3-6H,1-2H3,(H,14,15)/t6-/m0/s1. The summed E-state index contributed by atoms with van der Waals surface area (Å²) in [6.45, 7) is 1.13. The van der Waals surface area contributed by atoms with Crippen molar-refractivity contribution >= 4 is 18.1 Å². The van der Waals surface area contributed by atoms with Crippen molar-refractivity contribution in [1.29, 1.82) is 0 Å². The Balaban J connectivity index is 2.85. The summed E-state index contributed by atoms with van der Waals surface area (Å²) in [6.07, 6.45) is -2.45. The molecular formula is C12H11FO7. The molecule has 0 spiro atoms. The smallest absolute Gasteiger partial charge is 0.479 e. The fraction of sp³-hybridized carbons (Fsp3) is 0.250. The van der Waals surface area contributed by atoms with Crippen LogP contribution in [0.2, 0.25) is 0 Å². The van der Waals surface area contributed by atoms with E-state index in [4.69, 9.17) is 5.11 Å². The number of esters is 1. The van der Waals surface area contributed by atoms with Crippen LogP contribution in [0.5, 0.6) is 5.75 Å². The van der Waals surface area contributed by atoms with Crippen LogP contribution < -0.4 is 4.74 Å². The molecule has 0 fully saturated rings. The Kier molecular flexibility index (Phi) is 5.01. The number of carbonyl (C=O) groups excluding carboxylic acids is 2. The predicted octanol–water partition coefficient (Wildman–Crippen LogP) is 1.60. The van der Waals surface area contributed by atoms with Gasteiger partial charge < -0.3 is 19.3 Å². The zero-order valence-electron chi connectivity index (χ0n) is 10.6. The highest BCUT2D eigenvalue weighted by Crippen LogP contribution is 2.18. The Labute approximate surface area is 112 Å². The molecule has 0 aliphatic heterocycles. The number of carboxylic acid groups (broad SMARTS) is 1. The van der Waals surface area contributed by atoms with Gasteiger partial charge in [0.1, 0.15) is 11.6 Å². The quantitative estimate of drug-likeness (QED) is 0.662. The Morgan fingerprint density at radius 3 is 2.45 bits per heavy atom. The fourth-order valence-corrected chi connectivity index (χ4v) is 1.14. The maximum absolute atomic E-state index is 13.6. The summed E-state index contributed by atoms with van der Waals surface area (Å²) in [6, 6.07) is 2.92. The van der Waals surface area contributed by atoms with Crippen molar-refractivity contribution in [2.24, 2.45) is 0 Å². The highest BCUT2D eigenvalue weighted by atomic mass is 19.1. The fourth-order valence-electron chi connectivity index (χ4n) is 1.14. The van der Waals surface area contributed by atoms with E-state index in [0.29, 0.717) is 0 Å². The van der Waals surface area contributed by atoms with E-state index >= 15 is 0 Å². The van der Waals surface area contributed by atoms with Gasteiger partial charge in [0.15, 0.2) is 6.10 Å². The summed E-state index contributed by atoms with van der Waals surface area (Å²) >= 11 is 0. The summed E-state index contributed by atoms with van der Waals surface area (Å²) in [7, 11) is 1.08. The van der Waals surface area contributed by atoms with Crippen molar-refractivity contribution < 1.29 is 38.1 Å². The highest BCUT2D eigenvalue weighted by molar-refractivity contribution is 5.91. The predicted molar refractivity (Wildman–Crippen MR) is 61.9 cm³/mol. The molecule has 0 radical (unpaired) electrons. The molecule has 0 aliphatic carbocycles. The normalized spacial score (nSPS) is 11.3. The van der Waals surface area contributed by atoms with Crippen molar-refractivity contribution in [2.45, 2.75) is 13.0 Å². The van der Waals surface area contributed by atoms with Crippen LogP contribution in [-0.4, -0.2) is 36.4 Å². The van der Waals surface area contributed by atoms with Crippen LogP contribution in [0.4, 0.5) is 9.18 Å². The van der Waals surface area contributed by atoms with Crippen molar-refractivity contribution in [3.8, 4) is 5.75 Å². The van der Waals surface area contributed by atoms with Crippen LogP contribution in [-0.2, 0) is 14.3 Å². The molecule has 0 saturated heterocycles. The van der Waals surface area contributed by atoms with Crippen LogP contribution in [0.3, 0.4) is 0 Å². The van der Waals surface area contributed by atoms with Crippen LogP contribution in [0.15, 0.2) is 18.2 Å². The number of hydrogen-bond donors (Lipinski definition) is 1. The van der Waals surface area contributed by atoms with Crippen molar-refractivity contribution in [2.75, 3.05) is 7.11 Å². The van der Waals surface area contributed by atoms with Gasteiger partial charge in [-0.15, -0.1) is 0 Å². The van der Waals surface area contributed by atoms with Gasteiger partial charge in [0.2, 0.25) is 0 Å². The number of ether oxygens (including phenoxy) is 3. The molecule has 0 unspecified atom stereocenters. The number of aliphatic carboxylic acids is 1. The molecule has 0 heterocycles. The average molecular weight is 286 g/mol. The van der Waals surface area contributed by atoms with E-state index in [1.807, 2.05) is 0 Å². The summed E-state index contributed by atoms with van der Waals surface area (Å²) in [5, 5.41) is 8.58. The molecule has 1 rings (SSSR count). The number of methoxy groups -OCH3 is 1. The number of halogens is 1. The number of rotatable bonds is 4. The molecule has 1 aromatic carbocycles. The molecule has 1 atom stereocenters. The van der Waals surface area contributed by atoms with Gasteiger partial charge in [0.05, 0.1) is 12.7 Å². The molecular weight excluding hydrogens is 275 g/mol. The van der Waals surface area contributed by atoms with Crippen LogP contribution >= 0.6 is 0 Å². The van der Waals surface area contributed by atoms with Gasteiger partial charge >= 0.3 is 18.1 Å². The number of carbonyl (C=O) groups is 3. The lowest BCUT2D eigenvalue weighted by Crippen LogP contribution is -2.24. The minimum Gasteiger partial charge on any atom is -0.479 e. The van der Waals surface area contributed by atoms with Crippen LogP contribution in [0.25, 0.3) is 0 Å². The Morgan fingerprint density at radius 1 is 1.30 bits per heavy atom. The molecule has 0 amide bonds. The average Bonchev–Trinajstić information content (AvgIpc) is 2.38. The van der Waals surface area contributed by atoms with E-state index in [2.05, 4.69) is 14.2 Å². The molecule has 0 bridgehead atoms. The first kappa shape index (κ1) is 15.4. The molecule has 1 N–H and O–H groups in total. The first-order valence-corrected chi connectivity index (χ1v) is 5.34. The Bertz CT molecular complexity index is 541. The molecule has 7 nitrogen and oxygen atoms in total. The van der Waals surface area contributed by atoms with E-state index in [-0.39, 0.29) is 5.75 Å². The van der Waals surface area contributed by atoms with E-state index in [0.717, 1.165) is 32.2 Å². The van der Waals surface area contributed by atoms with Gasteiger partial charge in [-0.1, -0.05) is 0 Å². The van der Waals surface area contributed by atoms with Gasteiger partial charge in [-0.3, -0.25) is 0 Å². The molecule has 20 heavy (non-hydrogen) atoms.